The molecule has 0 amide bonds. The first kappa shape index (κ1) is 13.6. The van der Waals surface area contributed by atoms with Crippen LogP contribution in [0.1, 0.15) is 30.4 Å². The number of benzene rings is 1. The Morgan fingerprint density at radius 2 is 2.17 bits per heavy atom. The molecule has 1 aliphatic rings. The van der Waals surface area contributed by atoms with E-state index in [1.54, 1.807) is 0 Å². The summed E-state index contributed by atoms with van der Waals surface area (Å²) in [6, 6.07) is 7.84. The maximum Gasteiger partial charge on any atom is 0.154 e. The zero-order valence-corrected chi connectivity index (χ0v) is 11.6. The van der Waals surface area contributed by atoms with Gasteiger partial charge in [-0.1, -0.05) is 36.2 Å². The molecule has 1 heterocycles. The molecule has 0 spiro atoms. The van der Waals surface area contributed by atoms with Crippen LogP contribution in [0.4, 0.5) is 0 Å². The van der Waals surface area contributed by atoms with Gasteiger partial charge in [-0.25, -0.2) is 8.42 Å². The van der Waals surface area contributed by atoms with Crippen LogP contribution >= 0.6 is 0 Å². The molecular weight excluding hydrogens is 246 g/mol. The van der Waals surface area contributed by atoms with Crippen LogP contribution in [0.25, 0.3) is 0 Å². The molecule has 1 aromatic carbocycles. The molecule has 1 saturated heterocycles. The van der Waals surface area contributed by atoms with E-state index in [-0.39, 0.29) is 11.3 Å². The van der Waals surface area contributed by atoms with Gasteiger partial charge in [-0.2, -0.15) is 0 Å². The number of hydrogen-bond acceptors (Lipinski definition) is 3. The molecule has 0 radical (unpaired) electrons. The lowest BCUT2D eigenvalue weighted by atomic mass is 9.99. The predicted molar refractivity (Wildman–Crippen MR) is 74.3 cm³/mol. The molecule has 1 aliphatic heterocycles. The summed E-state index contributed by atoms with van der Waals surface area (Å²) in [6.45, 7) is 2.03. The van der Waals surface area contributed by atoms with Crippen molar-refractivity contribution in [2.24, 2.45) is 5.73 Å². The van der Waals surface area contributed by atoms with Crippen molar-refractivity contribution in [1.29, 1.82) is 0 Å². The lowest BCUT2D eigenvalue weighted by Crippen LogP contribution is -2.44. The molecule has 4 heteroatoms. The van der Waals surface area contributed by atoms with Gasteiger partial charge in [-0.15, -0.1) is 0 Å². The van der Waals surface area contributed by atoms with Crippen molar-refractivity contribution in [2.45, 2.75) is 43.9 Å². The van der Waals surface area contributed by atoms with Crippen molar-refractivity contribution in [3.05, 3.63) is 35.4 Å². The Bertz CT molecular complexity index is 510. The molecular formula is C14H21NO2S. The Morgan fingerprint density at radius 1 is 1.39 bits per heavy atom. The van der Waals surface area contributed by atoms with Gasteiger partial charge >= 0.3 is 0 Å². The third-order valence-electron chi connectivity index (χ3n) is 3.66. The topological polar surface area (TPSA) is 60.2 Å². The fraction of sp³-hybridized carbons (Fsp3) is 0.571. The smallest absolute Gasteiger partial charge is 0.154 e. The summed E-state index contributed by atoms with van der Waals surface area (Å²) in [7, 11) is -2.98. The van der Waals surface area contributed by atoms with Crippen molar-refractivity contribution in [1.82, 2.24) is 0 Å². The first-order chi connectivity index (χ1) is 8.49. The zero-order chi connectivity index (χ0) is 13.2. The monoisotopic (exact) mass is 267 g/mol. The minimum atomic E-state index is -2.98. The quantitative estimate of drug-likeness (QED) is 0.909. The second kappa shape index (κ2) is 5.41. The van der Waals surface area contributed by atoms with E-state index < -0.39 is 9.84 Å². The zero-order valence-electron chi connectivity index (χ0n) is 10.8. The van der Waals surface area contributed by atoms with Crippen molar-refractivity contribution >= 4 is 9.84 Å². The molecule has 3 nitrogen and oxygen atoms in total. The molecule has 2 rings (SSSR count). The molecule has 18 heavy (non-hydrogen) atoms. The van der Waals surface area contributed by atoms with Crippen LogP contribution < -0.4 is 5.73 Å². The highest BCUT2D eigenvalue weighted by Crippen LogP contribution is 2.23. The van der Waals surface area contributed by atoms with Crippen LogP contribution in [0.3, 0.4) is 0 Å². The third kappa shape index (κ3) is 3.12. The summed E-state index contributed by atoms with van der Waals surface area (Å²) in [4.78, 5) is 0. The van der Waals surface area contributed by atoms with E-state index in [2.05, 4.69) is 6.07 Å². The highest BCUT2D eigenvalue weighted by atomic mass is 32.2. The van der Waals surface area contributed by atoms with Gasteiger partial charge in [0.05, 0.1) is 11.0 Å². The molecule has 0 aliphatic carbocycles. The van der Waals surface area contributed by atoms with Gasteiger partial charge in [-0.05, 0) is 31.7 Å². The van der Waals surface area contributed by atoms with Crippen LogP contribution in [-0.4, -0.2) is 25.5 Å². The van der Waals surface area contributed by atoms with Crippen LogP contribution in [0, 0.1) is 6.92 Å². The summed E-state index contributed by atoms with van der Waals surface area (Å²) >= 11 is 0. The third-order valence-corrected chi connectivity index (χ3v) is 6.03. The van der Waals surface area contributed by atoms with E-state index in [1.807, 2.05) is 25.1 Å². The molecule has 0 saturated carbocycles. The van der Waals surface area contributed by atoms with Crippen LogP contribution in [-0.2, 0) is 16.3 Å². The van der Waals surface area contributed by atoms with Gasteiger partial charge in [0.1, 0.15) is 0 Å². The predicted octanol–water partition coefficient (Wildman–Crippen LogP) is 1.83. The summed E-state index contributed by atoms with van der Waals surface area (Å²) < 4.78 is 24.0. The first-order valence-electron chi connectivity index (χ1n) is 6.52. The second-order valence-corrected chi connectivity index (χ2v) is 7.60. The molecule has 0 bridgehead atoms. The molecule has 1 fully saturated rings. The van der Waals surface area contributed by atoms with Crippen LogP contribution in [0.5, 0.6) is 0 Å². The second-order valence-electron chi connectivity index (χ2n) is 5.26. The Morgan fingerprint density at radius 3 is 2.83 bits per heavy atom. The van der Waals surface area contributed by atoms with Gasteiger partial charge in [0.25, 0.3) is 0 Å². The van der Waals surface area contributed by atoms with E-state index in [1.165, 1.54) is 5.56 Å². The Balaban J connectivity index is 2.09. The Labute approximate surface area is 109 Å². The number of aryl methyl sites for hydroxylation is 1. The van der Waals surface area contributed by atoms with Crippen LogP contribution in [0.15, 0.2) is 24.3 Å². The standard InChI is InChI=1S/C14H21NO2S/c1-11-5-4-6-12(9-11)10-13(15)14-7-2-3-8-18(14,16)17/h4-6,9,13-14H,2-3,7-8,10,15H2,1H3. The summed E-state index contributed by atoms with van der Waals surface area (Å²) in [5, 5.41) is -0.355. The average molecular weight is 267 g/mol. The summed E-state index contributed by atoms with van der Waals surface area (Å²) in [5.41, 5.74) is 8.44. The molecule has 1 aromatic rings. The van der Waals surface area contributed by atoms with Gasteiger partial charge in [-0.3, -0.25) is 0 Å². The minimum absolute atomic E-state index is 0.280. The Hall–Kier alpha value is -0.870. The number of rotatable bonds is 3. The summed E-state index contributed by atoms with van der Waals surface area (Å²) in [6.07, 6.45) is 3.13. The van der Waals surface area contributed by atoms with E-state index in [9.17, 15) is 8.42 Å². The lowest BCUT2D eigenvalue weighted by molar-refractivity contribution is 0.495. The molecule has 2 atom stereocenters. The first-order valence-corrected chi connectivity index (χ1v) is 8.23. The molecule has 100 valence electrons. The van der Waals surface area contributed by atoms with Gasteiger partial charge in [0, 0.05) is 6.04 Å². The lowest BCUT2D eigenvalue weighted by Gasteiger charge is -2.27. The normalized spacial score (nSPS) is 24.7. The maximum absolute atomic E-state index is 12.0. The number of sulfone groups is 1. The highest BCUT2D eigenvalue weighted by molar-refractivity contribution is 7.92. The molecule has 0 aromatic heterocycles. The van der Waals surface area contributed by atoms with Gasteiger partial charge < -0.3 is 5.73 Å². The molecule has 2 N–H and O–H groups in total. The number of nitrogens with two attached hydrogens (primary N) is 1. The van der Waals surface area contributed by atoms with E-state index in [0.29, 0.717) is 12.2 Å². The fourth-order valence-corrected chi connectivity index (χ4v) is 4.77. The largest absolute Gasteiger partial charge is 0.326 e. The summed E-state index contributed by atoms with van der Waals surface area (Å²) in [5.74, 6) is 0.305. The maximum atomic E-state index is 12.0. The Kier molecular flexibility index (Phi) is 4.07. The van der Waals surface area contributed by atoms with E-state index >= 15 is 0 Å². The van der Waals surface area contributed by atoms with E-state index in [0.717, 1.165) is 24.8 Å². The van der Waals surface area contributed by atoms with Crippen molar-refractivity contribution < 1.29 is 8.42 Å². The van der Waals surface area contributed by atoms with Gasteiger partial charge in [0.2, 0.25) is 0 Å². The molecule has 2 unspecified atom stereocenters. The average Bonchev–Trinajstić information content (AvgIpc) is 2.28. The highest BCUT2D eigenvalue weighted by Gasteiger charge is 2.33. The SMILES string of the molecule is Cc1cccc(CC(N)C2CCCCS2(=O)=O)c1. The van der Waals surface area contributed by atoms with Gasteiger partial charge in [0.15, 0.2) is 9.84 Å². The van der Waals surface area contributed by atoms with Crippen molar-refractivity contribution in [2.75, 3.05) is 5.75 Å². The minimum Gasteiger partial charge on any atom is -0.326 e. The van der Waals surface area contributed by atoms with Crippen molar-refractivity contribution in [3.63, 3.8) is 0 Å². The van der Waals surface area contributed by atoms with Crippen LogP contribution in [0.2, 0.25) is 0 Å². The van der Waals surface area contributed by atoms with E-state index in [4.69, 9.17) is 5.73 Å². The number of hydrogen-bond donors (Lipinski definition) is 1. The van der Waals surface area contributed by atoms with Crippen molar-refractivity contribution in [3.8, 4) is 0 Å². The fourth-order valence-electron chi connectivity index (χ4n) is 2.70.